The first-order valence-electron chi connectivity index (χ1n) is 13.5. The lowest BCUT2D eigenvalue weighted by Gasteiger charge is -2.35. The van der Waals surface area contributed by atoms with E-state index in [1.165, 1.54) is 19.3 Å². The second-order valence-electron chi connectivity index (χ2n) is 10.7. The summed E-state index contributed by atoms with van der Waals surface area (Å²) in [7, 11) is 0. The molecule has 2 atom stereocenters. The number of rotatable bonds is 5. The summed E-state index contributed by atoms with van der Waals surface area (Å²) in [5, 5.41) is 4.19. The van der Waals surface area contributed by atoms with Gasteiger partial charge in [0.2, 0.25) is 5.91 Å². The lowest BCUT2D eigenvalue weighted by Crippen LogP contribution is -2.52. The minimum atomic E-state index is -0.457. The molecule has 2 aromatic rings. The maximum Gasteiger partial charge on any atom is 0.314 e. The van der Waals surface area contributed by atoms with E-state index in [4.69, 9.17) is 28.9 Å². The van der Waals surface area contributed by atoms with Crippen LogP contribution in [0, 0.1) is 11.8 Å². The number of hydrogen-bond acceptors (Lipinski definition) is 3. The highest BCUT2D eigenvalue weighted by molar-refractivity contribution is 6.36. The van der Waals surface area contributed by atoms with Crippen LogP contribution in [0.3, 0.4) is 0 Å². The maximum absolute atomic E-state index is 13.0. The van der Waals surface area contributed by atoms with Gasteiger partial charge in [-0.05, 0) is 66.1 Å². The monoisotopic (exact) mass is 556 g/mol. The number of benzene rings is 2. The molecule has 38 heavy (non-hydrogen) atoms. The van der Waals surface area contributed by atoms with E-state index < -0.39 is 6.03 Å². The molecule has 3 N–H and O–H groups in total. The lowest BCUT2D eigenvalue weighted by atomic mass is 9.70. The molecule has 2 aromatic carbocycles. The summed E-state index contributed by atoms with van der Waals surface area (Å²) < 4.78 is 0. The maximum atomic E-state index is 13.0. The Morgan fingerprint density at radius 1 is 0.868 bits per heavy atom. The van der Waals surface area contributed by atoms with Crippen LogP contribution in [-0.4, -0.2) is 60.4 Å². The van der Waals surface area contributed by atoms with Gasteiger partial charge in [0.05, 0.1) is 0 Å². The number of hydrogen-bond donors (Lipinski definition) is 2. The average molecular weight is 558 g/mol. The van der Waals surface area contributed by atoms with Crippen LogP contribution in [0.25, 0.3) is 11.1 Å². The Balaban J connectivity index is 1.36. The molecule has 2 heterocycles. The smallest absolute Gasteiger partial charge is 0.314 e. The van der Waals surface area contributed by atoms with Gasteiger partial charge in [-0.2, -0.15) is 0 Å². The number of primary amides is 1. The van der Waals surface area contributed by atoms with Crippen molar-refractivity contribution in [1.82, 2.24) is 15.1 Å². The minimum Gasteiger partial charge on any atom is -0.356 e. The standard InChI is InChI=1S/C29H34Cl2N4O3/c30-23-16-21(18-6-8-20(9-7-18)28(37)34-12-14-35(15-13-34)29(32)38)17-24(31)26(23)25(19-4-2-1-3-5-19)22-10-11-33-27(22)36/h6-9,16-17,19,22,25H,1-5,10-15H2,(H2,32,38)(H,33,36). The molecule has 9 heteroatoms. The zero-order valence-electron chi connectivity index (χ0n) is 21.4. The Hall–Kier alpha value is -2.77. The first-order chi connectivity index (χ1) is 18.3. The quantitative estimate of drug-likeness (QED) is 0.523. The Morgan fingerprint density at radius 3 is 2.03 bits per heavy atom. The third kappa shape index (κ3) is 5.50. The Morgan fingerprint density at radius 2 is 1.47 bits per heavy atom. The molecule has 2 saturated heterocycles. The summed E-state index contributed by atoms with van der Waals surface area (Å²) in [6, 6.07) is 10.8. The molecule has 0 radical (unpaired) electrons. The average Bonchev–Trinajstić information content (AvgIpc) is 3.36. The number of nitrogens with one attached hydrogen (secondary N) is 1. The van der Waals surface area contributed by atoms with Crippen molar-refractivity contribution in [3.63, 3.8) is 0 Å². The van der Waals surface area contributed by atoms with Crippen LogP contribution in [-0.2, 0) is 4.79 Å². The van der Waals surface area contributed by atoms with Crippen LogP contribution >= 0.6 is 23.2 Å². The summed E-state index contributed by atoms with van der Waals surface area (Å²) in [5.74, 6) is 0.342. The van der Waals surface area contributed by atoms with E-state index in [9.17, 15) is 14.4 Å². The summed E-state index contributed by atoms with van der Waals surface area (Å²) in [4.78, 5) is 40.3. The molecule has 3 fully saturated rings. The van der Waals surface area contributed by atoms with Crippen LogP contribution in [0.15, 0.2) is 36.4 Å². The van der Waals surface area contributed by atoms with Gasteiger partial charge < -0.3 is 20.9 Å². The molecule has 0 spiro atoms. The number of nitrogens with zero attached hydrogens (tertiary/aromatic N) is 2. The first kappa shape index (κ1) is 26.8. The van der Waals surface area contributed by atoms with Crippen LogP contribution in [0.1, 0.15) is 60.4 Å². The fourth-order valence-corrected chi connectivity index (χ4v) is 7.14. The van der Waals surface area contributed by atoms with Crippen molar-refractivity contribution >= 4 is 41.0 Å². The van der Waals surface area contributed by atoms with Gasteiger partial charge in [-0.15, -0.1) is 0 Å². The second-order valence-corrected chi connectivity index (χ2v) is 11.5. The molecule has 2 aliphatic heterocycles. The molecule has 202 valence electrons. The van der Waals surface area contributed by atoms with E-state index in [-0.39, 0.29) is 23.7 Å². The fourth-order valence-electron chi connectivity index (χ4n) is 6.40. The molecule has 3 aliphatic rings. The Labute approximate surface area is 233 Å². The largest absolute Gasteiger partial charge is 0.356 e. The third-order valence-electron chi connectivity index (χ3n) is 8.44. The highest BCUT2D eigenvalue weighted by Gasteiger charge is 2.40. The molecule has 1 aliphatic carbocycles. The van der Waals surface area contributed by atoms with Crippen molar-refractivity contribution in [2.24, 2.45) is 17.6 Å². The molecular formula is C29H34Cl2N4O3. The molecule has 7 nitrogen and oxygen atoms in total. The molecule has 0 bridgehead atoms. The van der Waals surface area contributed by atoms with Gasteiger partial charge in [-0.25, -0.2) is 4.79 Å². The van der Waals surface area contributed by atoms with Crippen molar-refractivity contribution in [3.05, 3.63) is 57.6 Å². The van der Waals surface area contributed by atoms with Crippen LogP contribution in [0.5, 0.6) is 0 Å². The number of nitrogens with two attached hydrogens (primary N) is 1. The van der Waals surface area contributed by atoms with E-state index in [1.807, 2.05) is 36.4 Å². The van der Waals surface area contributed by atoms with Crippen LogP contribution < -0.4 is 11.1 Å². The van der Waals surface area contributed by atoms with Gasteiger partial charge in [-0.3, -0.25) is 9.59 Å². The predicted octanol–water partition coefficient (Wildman–Crippen LogP) is 5.30. The zero-order valence-corrected chi connectivity index (χ0v) is 22.9. The molecule has 5 rings (SSSR count). The number of urea groups is 1. The predicted molar refractivity (Wildman–Crippen MR) is 149 cm³/mol. The molecular weight excluding hydrogens is 523 g/mol. The number of carbonyl (C=O) groups excluding carboxylic acids is 3. The van der Waals surface area contributed by atoms with Gasteiger partial charge in [0.1, 0.15) is 0 Å². The van der Waals surface area contributed by atoms with Gasteiger partial charge >= 0.3 is 6.03 Å². The van der Waals surface area contributed by atoms with E-state index >= 15 is 0 Å². The number of halogens is 2. The summed E-state index contributed by atoms with van der Waals surface area (Å²) in [6.45, 7) is 2.49. The van der Waals surface area contributed by atoms with Crippen molar-refractivity contribution in [1.29, 1.82) is 0 Å². The van der Waals surface area contributed by atoms with Crippen LogP contribution in [0.4, 0.5) is 4.79 Å². The number of amides is 4. The Kier molecular flexibility index (Phi) is 8.15. The van der Waals surface area contributed by atoms with E-state index in [2.05, 4.69) is 5.32 Å². The van der Waals surface area contributed by atoms with Gasteiger partial charge in [-0.1, -0.05) is 54.6 Å². The van der Waals surface area contributed by atoms with Crippen molar-refractivity contribution in [3.8, 4) is 11.1 Å². The van der Waals surface area contributed by atoms with Gasteiger partial charge in [0.25, 0.3) is 5.91 Å². The third-order valence-corrected chi connectivity index (χ3v) is 9.06. The van der Waals surface area contributed by atoms with Crippen molar-refractivity contribution < 1.29 is 14.4 Å². The zero-order chi connectivity index (χ0) is 26.8. The SMILES string of the molecule is NC(=O)N1CCN(C(=O)c2ccc(-c3cc(Cl)c(C(C4CCCCC4)C4CCNC4=O)c(Cl)c3)cc2)CC1. The van der Waals surface area contributed by atoms with Crippen molar-refractivity contribution in [2.45, 2.75) is 44.4 Å². The first-order valence-corrected chi connectivity index (χ1v) is 14.3. The minimum absolute atomic E-state index is 0.0156. The van der Waals surface area contributed by atoms with Gasteiger partial charge in [0.15, 0.2) is 0 Å². The van der Waals surface area contributed by atoms with Crippen molar-refractivity contribution in [2.75, 3.05) is 32.7 Å². The summed E-state index contributed by atoms with van der Waals surface area (Å²) >= 11 is 13.9. The summed E-state index contributed by atoms with van der Waals surface area (Å²) in [6.07, 6.45) is 6.58. The fraction of sp³-hybridized carbons (Fsp3) is 0.483. The normalized spacial score (nSPS) is 21.3. The van der Waals surface area contributed by atoms with Gasteiger partial charge in [0, 0.05) is 60.2 Å². The molecule has 2 unspecified atom stereocenters. The number of piperazine rings is 1. The molecule has 4 amide bonds. The Bertz CT molecular complexity index is 1180. The highest BCUT2D eigenvalue weighted by Crippen LogP contribution is 2.48. The van der Waals surface area contributed by atoms with Crippen LogP contribution in [0.2, 0.25) is 10.0 Å². The summed E-state index contributed by atoms with van der Waals surface area (Å²) in [5.41, 5.74) is 8.60. The van der Waals surface area contributed by atoms with E-state index in [0.29, 0.717) is 54.3 Å². The number of carbonyl (C=O) groups is 3. The second kappa shape index (κ2) is 11.5. The van der Waals surface area contributed by atoms with E-state index in [0.717, 1.165) is 36.0 Å². The van der Waals surface area contributed by atoms with E-state index in [1.54, 1.807) is 9.80 Å². The lowest BCUT2D eigenvalue weighted by molar-refractivity contribution is -0.123. The molecule has 0 aromatic heterocycles. The molecule has 1 saturated carbocycles. The highest BCUT2D eigenvalue weighted by atomic mass is 35.5. The topological polar surface area (TPSA) is 95.7 Å².